The maximum absolute atomic E-state index is 14.0. The number of amides is 2. The number of rotatable bonds is 11. The van der Waals surface area contributed by atoms with Crippen molar-refractivity contribution in [2.24, 2.45) is 0 Å². The van der Waals surface area contributed by atoms with E-state index in [9.17, 15) is 18.0 Å². The topological polar surface area (TPSA) is 96.0 Å². The third-order valence-corrected chi connectivity index (χ3v) is 9.01. The molecule has 0 saturated heterocycles. The summed E-state index contributed by atoms with van der Waals surface area (Å²) >= 11 is 18.5. The molecule has 214 valence electrons. The number of benzene rings is 3. The molecule has 0 unspecified atom stereocenters. The third kappa shape index (κ3) is 7.20. The van der Waals surface area contributed by atoms with Crippen LogP contribution in [0.15, 0.2) is 65.6 Å². The van der Waals surface area contributed by atoms with Crippen molar-refractivity contribution in [3.8, 4) is 5.75 Å². The maximum Gasteiger partial charge on any atom is 0.264 e. The van der Waals surface area contributed by atoms with Crippen molar-refractivity contribution in [2.75, 3.05) is 25.0 Å². The molecule has 0 fully saturated rings. The highest BCUT2D eigenvalue weighted by Crippen LogP contribution is 2.35. The highest BCUT2D eigenvalue weighted by Gasteiger charge is 2.34. The lowest BCUT2D eigenvalue weighted by atomic mass is 10.1. The van der Waals surface area contributed by atoms with Crippen LogP contribution >= 0.6 is 34.8 Å². The number of carbonyl (C=O) groups excluding carboxylic acids is 2. The Bertz CT molecular complexity index is 1480. The second-order valence-corrected chi connectivity index (χ2v) is 12.1. The van der Waals surface area contributed by atoms with Crippen LogP contribution in [-0.4, -0.2) is 51.9 Å². The average Bonchev–Trinajstić information content (AvgIpc) is 2.93. The number of ether oxygens (including phenoxy) is 1. The van der Waals surface area contributed by atoms with Gasteiger partial charge in [0, 0.05) is 18.6 Å². The highest BCUT2D eigenvalue weighted by atomic mass is 35.5. The second-order valence-electron chi connectivity index (χ2n) is 8.95. The predicted octanol–water partition coefficient (Wildman–Crippen LogP) is 5.71. The zero-order valence-corrected chi connectivity index (χ0v) is 25.5. The number of methoxy groups -OCH3 is 1. The molecule has 0 aliphatic carbocycles. The fraction of sp³-hybridized carbons (Fsp3) is 0.286. The van der Waals surface area contributed by atoms with E-state index >= 15 is 0 Å². The summed E-state index contributed by atoms with van der Waals surface area (Å²) < 4.78 is 34.4. The molecule has 0 aliphatic rings. The van der Waals surface area contributed by atoms with E-state index in [0.717, 1.165) is 9.87 Å². The maximum atomic E-state index is 14.0. The normalized spacial score (nSPS) is 12.0. The fourth-order valence-electron chi connectivity index (χ4n) is 4.13. The fourth-order valence-corrected chi connectivity index (χ4v) is 6.03. The molecule has 40 heavy (non-hydrogen) atoms. The van der Waals surface area contributed by atoms with E-state index in [1.54, 1.807) is 43.3 Å². The number of nitrogens with zero attached hydrogens (tertiary/aromatic N) is 2. The standard InChI is InChI=1S/C28H30Cl3N3O5S/c1-5-24(28(36)32-3)33(16-19-8-12-22(30)23(31)14-19)27(35)17-34(25-15-20(29)9-13-26(25)39-4)40(37,38)21-10-6-18(2)7-11-21/h6-15,24H,5,16-17H2,1-4H3,(H,32,36)/t24-/m0/s1. The molecule has 1 atom stereocenters. The number of carbonyl (C=O) groups is 2. The van der Waals surface area contributed by atoms with Crippen LogP contribution in [-0.2, 0) is 26.2 Å². The van der Waals surface area contributed by atoms with Gasteiger partial charge in [0.15, 0.2) is 0 Å². The molecule has 0 spiro atoms. The minimum absolute atomic E-state index is 0.0211. The number of nitrogens with one attached hydrogen (secondary N) is 1. The summed E-state index contributed by atoms with van der Waals surface area (Å²) in [6.07, 6.45) is 0.276. The van der Waals surface area contributed by atoms with Gasteiger partial charge in [0.05, 0.1) is 27.7 Å². The Morgan fingerprint density at radius 2 is 1.65 bits per heavy atom. The van der Waals surface area contributed by atoms with Crippen LogP contribution in [0, 0.1) is 6.92 Å². The predicted molar refractivity (Wildman–Crippen MR) is 159 cm³/mol. The number of likely N-dealkylation sites (N-methyl/N-ethyl adjacent to an activating group) is 1. The molecule has 0 saturated carbocycles. The first-order chi connectivity index (χ1) is 18.9. The summed E-state index contributed by atoms with van der Waals surface area (Å²) in [6, 6.07) is 14.7. The molecule has 3 rings (SSSR count). The molecule has 0 aliphatic heterocycles. The Morgan fingerprint density at radius 3 is 2.23 bits per heavy atom. The summed E-state index contributed by atoms with van der Waals surface area (Å²) in [7, 11) is -1.42. The lowest BCUT2D eigenvalue weighted by Gasteiger charge is -2.33. The second kappa shape index (κ2) is 13.6. The van der Waals surface area contributed by atoms with Gasteiger partial charge in [0.25, 0.3) is 10.0 Å². The molecule has 3 aromatic carbocycles. The van der Waals surface area contributed by atoms with Gasteiger partial charge < -0.3 is 15.0 Å². The molecular formula is C28H30Cl3N3O5S. The van der Waals surface area contributed by atoms with Crippen molar-refractivity contribution < 1.29 is 22.7 Å². The zero-order valence-electron chi connectivity index (χ0n) is 22.4. The zero-order chi connectivity index (χ0) is 29.6. The Balaban J connectivity index is 2.14. The summed E-state index contributed by atoms with van der Waals surface area (Å²) in [5.41, 5.74) is 1.55. The Morgan fingerprint density at radius 1 is 0.975 bits per heavy atom. The molecule has 2 amide bonds. The van der Waals surface area contributed by atoms with Crippen LogP contribution in [0.3, 0.4) is 0 Å². The smallest absolute Gasteiger partial charge is 0.264 e. The number of halogens is 3. The minimum atomic E-state index is -4.28. The van der Waals surface area contributed by atoms with E-state index in [1.807, 2.05) is 6.92 Å². The van der Waals surface area contributed by atoms with E-state index in [4.69, 9.17) is 39.5 Å². The Kier molecular flexibility index (Phi) is 10.7. The molecule has 0 radical (unpaired) electrons. The SMILES string of the molecule is CC[C@@H](C(=O)NC)N(Cc1ccc(Cl)c(Cl)c1)C(=O)CN(c1cc(Cl)ccc1OC)S(=O)(=O)c1ccc(C)cc1. The van der Waals surface area contributed by atoms with E-state index in [-0.39, 0.29) is 39.3 Å². The van der Waals surface area contributed by atoms with E-state index < -0.39 is 34.4 Å². The van der Waals surface area contributed by atoms with Crippen molar-refractivity contribution in [3.05, 3.63) is 86.9 Å². The van der Waals surface area contributed by atoms with Gasteiger partial charge in [-0.05, 0) is 61.4 Å². The summed E-state index contributed by atoms with van der Waals surface area (Å²) in [6.45, 7) is 2.94. The van der Waals surface area contributed by atoms with Gasteiger partial charge in [0.2, 0.25) is 11.8 Å². The minimum Gasteiger partial charge on any atom is -0.495 e. The van der Waals surface area contributed by atoms with Crippen LogP contribution in [0.25, 0.3) is 0 Å². The number of anilines is 1. The summed E-state index contributed by atoms with van der Waals surface area (Å²) in [4.78, 5) is 28.2. The van der Waals surface area contributed by atoms with Crippen molar-refractivity contribution in [2.45, 2.75) is 37.8 Å². The van der Waals surface area contributed by atoms with Crippen molar-refractivity contribution >= 4 is 62.3 Å². The molecule has 1 N–H and O–H groups in total. The lowest BCUT2D eigenvalue weighted by Crippen LogP contribution is -2.51. The number of sulfonamides is 1. The van der Waals surface area contributed by atoms with E-state index in [0.29, 0.717) is 10.6 Å². The third-order valence-electron chi connectivity index (χ3n) is 6.27. The molecule has 0 heterocycles. The van der Waals surface area contributed by atoms with Crippen molar-refractivity contribution in [1.82, 2.24) is 10.2 Å². The van der Waals surface area contributed by atoms with E-state index in [2.05, 4.69) is 5.32 Å². The molecular weight excluding hydrogens is 597 g/mol. The van der Waals surface area contributed by atoms with Crippen LogP contribution in [0.1, 0.15) is 24.5 Å². The lowest BCUT2D eigenvalue weighted by molar-refractivity contribution is -0.140. The average molecular weight is 627 g/mol. The van der Waals surface area contributed by atoms with Gasteiger partial charge in [0.1, 0.15) is 18.3 Å². The first-order valence-corrected chi connectivity index (χ1v) is 14.9. The monoisotopic (exact) mass is 625 g/mol. The summed E-state index contributed by atoms with van der Waals surface area (Å²) in [5, 5.41) is 3.45. The number of hydrogen-bond donors (Lipinski definition) is 1. The Labute approximate surface area is 249 Å². The van der Waals surface area contributed by atoms with Crippen LogP contribution in [0.5, 0.6) is 5.75 Å². The summed E-state index contributed by atoms with van der Waals surface area (Å²) in [5.74, 6) is -0.828. The molecule has 3 aromatic rings. The van der Waals surface area contributed by atoms with Crippen LogP contribution in [0.2, 0.25) is 15.1 Å². The van der Waals surface area contributed by atoms with Crippen LogP contribution in [0.4, 0.5) is 5.69 Å². The number of aryl methyl sites for hydroxylation is 1. The van der Waals surface area contributed by atoms with Gasteiger partial charge in [-0.2, -0.15) is 0 Å². The molecule has 0 aromatic heterocycles. The number of hydrogen-bond acceptors (Lipinski definition) is 5. The molecule has 0 bridgehead atoms. The first kappa shape index (κ1) is 31.5. The van der Waals surface area contributed by atoms with Gasteiger partial charge in [-0.1, -0.05) is 65.5 Å². The van der Waals surface area contributed by atoms with Gasteiger partial charge in [-0.25, -0.2) is 8.42 Å². The van der Waals surface area contributed by atoms with Gasteiger partial charge in [-0.15, -0.1) is 0 Å². The first-order valence-electron chi connectivity index (χ1n) is 12.3. The van der Waals surface area contributed by atoms with Gasteiger partial charge >= 0.3 is 0 Å². The van der Waals surface area contributed by atoms with Crippen molar-refractivity contribution in [1.29, 1.82) is 0 Å². The Hall–Kier alpha value is -2.98. The van der Waals surface area contributed by atoms with E-state index in [1.165, 1.54) is 43.3 Å². The quantitative estimate of drug-likeness (QED) is 0.294. The van der Waals surface area contributed by atoms with Gasteiger partial charge in [-0.3, -0.25) is 13.9 Å². The van der Waals surface area contributed by atoms with Crippen LogP contribution < -0.4 is 14.4 Å². The largest absolute Gasteiger partial charge is 0.495 e. The molecule has 12 heteroatoms. The van der Waals surface area contributed by atoms with Crippen molar-refractivity contribution in [3.63, 3.8) is 0 Å². The highest BCUT2D eigenvalue weighted by molar-refractivity contribution is 7.92. The molecule has 8 nitrogen and oxygen atoms in total.